The fourth-order valence-corrected chi connectivity index (χ4v) is 3.07. The number of aromatic nitrogens is 2. The molecule has 0 fully saturated rings. The lowest BCUT2D eigenvalue weighted by molar-refractivity contribution is 0.0998. The van der Waals surface area contributed by atoms with E-state index in [4.69, 9.17) is 4.42 Å². The Balaban J connectivity index is 1.62. The molecule has 0 unspecified atom stereocenters. The lowest BCUT2D eigenvalue weighted by Gasteiger charge is -2.07. The monoisotopic (exact) mass is 363 g/mol. The first kappa shape index (κ1) is 17.0. The molecule has 0 aliphatic carbocycles. The summed E-state index contributed by atoms with van der Waals surface area (Å²) in [6.45, 7) is 3.92. The molecule has 0 bridgehead atoms. The number of furan rings is 1. The van der Waals surface area contributed by atoms with E-state index in [0.717, 1.165) is 17.4 Å². The average molecular weight is 363 g/mol. The number of amides is 1. The molecule has 0 aliphatic rings. The van der Waals surface area contributed by atoms with E-state index < -0.39 is 11.7 Å². The van der Waals surface area contributed by atoms with Gasteiger partial charge in [-0.1, -0.05) is 13.0 Å². The first-order valence-electron chi connectivity index (χ1n) is 8.69. The molecular weight excluding hydrogens is 345 g/mol. The maximum absolute atomic E-state index is 14.4. The smallest absolute Gasteiger partial charge is 0.291 e. The Kier molecular flexibility index (Phi) is 4.24. The summed E-state index contributed by atoms with van der Waals surface area (Å²) in [6, 6.07) is 12.1. The minimum Gasteiger partial charge on any atom is -0.451 e. The molecule has 1 amide bonds. The summed E-state index contributed by atoms with van der Waals surface area (Å²) in [4.78, 5) is 12.6. The summed E-state index contributed by atoms with van der Waals surface area (Å²) in [6.07, 6.45) is 4.13. The normalized spacial score (nSPS) is 11.1. The summed E-state index contributed by atoms with van der Waals surface area (Å²) < 4.78 is 21.5. The molecule has 2 aromatic heterocycles. The molecule has 136 valence electrons. The van der Waals surface area contributed by atoms with Crippen LogP contribution in [0.15, 0.2) is 59.3 Å². The first-order valence-corrected chi connectivity index (χ1v) is 8.69. The van der Waals surface area contributed by atoms with Gasteiger partial charge in [0.15, 0.2) is 11.6 Å². The van der Waals surface area contributed by atoms with Crippen LogP contribution in [0.5, 0.6) is 0 Å². The fourth-order valence-electron chi connectivity index (χ4n) is 3.07. The molecule has 0 aliphatic heterocycles. The lowest BCUT2D eigenvalue weighted by Crippen LogP contribution is -2.12. The molecule has 0 atom stereocenters. The van der Waals surface area contributed by atoms with E-state index in [1.165, 1.54) is 16.3 Å². The van der Waals surface area contributed by atoms with Crippen molar-refractivity contribution in [3.05, 3.63) is 77.6 Å². The van der Waals surface area contributed by atoms with Crippen molar-refractivity contribution < 1.29 is 13.6 Å². The summed E-state index contributed by atoms with van der Waals surface area (Å²) in [7, 11) is 0. The maximum atomic E-state index is 14.4. The molecule has 5 nitrogen and oxygen atoms in total. The number of aryl methyl sites for hydroxylation is 2. The quantitative estimate of drug-likeness (QED) is 0.562. The highest BCUT2D eigenvalue weighted by molar-refractivity contribution is 6.06. The van der Waals surface area contributed by atoms with Gasteiger partial charge in [-0.3, -0.25) is 4.79 Å². The van der Waals surface area contributed by atoms with Gasteiger partial charge in [0.2, 0.25) is 0 Å². The fraction of sp³-hybridized carbons (Fsp3) is 0.143. The van der Waals surface area contributed by atoms with Gasteiger partial charge in [-0.2, -0.15) is 5.10 Å². The van der Waals surface area contributed by atoms with Crippen molar-refractivity contribution in [3.8, 4) is 5.69 Å². The van der Waals surface area contributed by atoms with Crippen LogP contribution in [0.2, 0.25) is 0 Å². The number of carbonyl (C=O) groups is 1. The van der Waals surface area contributed by atoms with Crippen molar-refractivity contribution in [1.29, 1.82) is 0 Å². The topological polar surface area (TPSA) is 60.1 Å². The Morgan fingerprint density at radius 3 is 2.81 bits per heavy atom. The number of benzene rings is 2. The molecule has 2 heterocycles. The van der Waals surface area contributed by atoms with Crippen molar-refractivity contribution in [2.24, 2.45) is 0 Å². The van der Waals surface area contributed by atoms with E-state index in [1.54, 1.807) is 30.6 Å². The van der Waals surface area contributed by atoms with E-state index in [1.807, 2.05) is 25.1 Å². The molecule has 27 heavy (non-hydrogen) atoms. The van der Waals surface area contributed by atoms with E-state index in [2.05, 4.69) is 17.3 Å². The maximum Gasteiger partial charge on any atom is 0.291 e. The number of halogens is 1. The van der Waals surface area contributed by atoms with E-state index in [0.29, 0.717) is 17.0 Å². The first-order chi connectivity index (χ1) is 13.1. The number of carbonyl (C=O) groups excluding carboxylic acids is 1. The van der Waals surface area contributed by atoms with Crippen LogP contribution >= 0.6 is 0 Å². The third kappa shape index (κ3) is 3.10. The van der Waals surface area contributed by atoms with Crippen LogP contribution in [0.25, 0.3) is 16.7 Å². The average Bonchev–Trinajstić information content (AvgIpc) is 3.30. The molecule has 6 heteroatoms. The molecule has 0 radical (unpaired) electrons. The second-order valence-electron chi connectivity index (χ2n) is 6.31. The Bertz CT molecular complexity index is 1130. The van der Waals surface area contributed by atoms with Gasteiger partial charge < -0.3 is 9.73 Å². The number of rotatable bonds is 4. The third-order valence-corrected chi connectivity index (χ3v) is 4.57. The number of anilines is 1. The number of nitrogens with one attached hydrogen (secondary N) is 1. The zero-order valence-electron chi connectivity index (χ0n) is 15.0. The van der Waals surface area contributed by atoms with Gasteiger partial charge in [0.1, 0.15) is 11.3 Å². The van der Waals surface area contributed by atoms with Gasteiger partial charge in [-0.05, 0) is 55.3 Å². The largest absolute Gasteiger partial charge is 0.451 e. The lowest BCUT2D eigenvalue weighted by atomic mass is 10.1. The second kappa shape index (κ2) is 6.72. The van der Waals surface area contributed by atoms with Crippen molar-refractivity contribution >= 4 is 22.6 Å². The number of nitrogens with zero attached hydrogens (tertiary/aromatic N) is 2. The third-order valence-electron chi connectivity index (χ3n) is 4.57. The van der Waals surface area contributed by atoms with E-state index in [-0.39, 0.29) is 5.76 Å². The summed E-state index contributed by atoms with van der Waals surface area (Å²) in [5.74, 6) is -0.659. The molecule has 1 N–H and O–H groups in total. The minimum atomic E-state index is -0.481. The Morgan fingerprint density at radius 2 is 2.11 bits per heavy atom. The van der Waals surface area contributed by atoms with Crippen molar-refractivity contribution in [2.75, 3.05) is 5.32 Å². The zero-order chi connectivity index (χ0) is 19.0. The van der Waals surface area contributed by atoms with Crippen molar-refractivity contribution in [2.45, 2.75) is 20.3 Å². The highest BCUT2D eigenvalue weighted by atomic mass is 19.1. The van der Waals surface area contributed by atoms with Gasteiger partial charge in [-0.15, -0.1) is 0 Å². The van der Waals surface area contributed by atoms with Crippen LogP contribution in [0, 0.1) is 12.7 Å². The molecule has 2 aromatic carbocycles. The summed E-state index contributed by atoms with van der Waals surface area (Å²) >= 11 is 0. The predicted octanol–water partition coefficient (Wildman–Crippen LogP) is 4.88. The van der Waals surface area contributed by atoms with Gasteiger partial charge in [0.05, 0.1) is 0 Å². The second-order valence-corrected chi connectivity index (χ2v) is 6.31. The van der Waals surface area contributed by atoms with Crippen LogP contribution < -0.4 is 5.32 Å². The zero-order valence-corrected chi connectivity index (χ0v) is 15.0. The van der Waals surface area contributed by atoms with Crippen molar-refractivity contribution in [3.63, 3.8) is 0 Å². The van der Waals surface area contributed by atoms with E-state index >= 15 is 0 Å². The summed E-state index contributed by atoms with van der Waals surface area (Å²) in [5.41, 5.74) is 3.27. The summed E-state index contributed by atoms with van der Waals surface area (Å²) in [5, 5.41) is 7.63. The molecule has 0 saturated heterocycles. The van der Waals surface area contributed by atoms with Crippen LogP contribution in [0.3, 0.4) is 0 Å². The van der Waals surface area contributed by atoms with Gasteiger partial charge in [-0.25, -0.2) is 9.07 Å². The Hall–Kier alpha value is -3.41. The van der Waals surface area contributed by atoms with Crippen LogP contribution in [-0.2, 0) is 6.42 Å². The standard InChI is InChI=1S/C21H18FN3O2/c1-3-14-5-8-19-16(11-14)13(2)20(27-19)21(26)24-15-6-7-18(17(22)12-15)25-10-4-9-23-25/h4-12H,3H2,1-2H3,(H,24,26). The van der Waals surface area contributed by atoms with Crippen LogP contribution in [0.4, 0.5) is 10.1 Å². The number of fused-ring (bicyclic) bond motifs is 1. The Morgan fingerprint density at radius 1 is 1.26 bits per heavy atom. The highest BCUT2D eigenvalue weighted by Crippen LogP contribution is 2.27. The van der Waals surface area contributed by atoms with Crippen LogP contribution in [-0.4, -0.2) is 15.7 Å². The Labute approximate surface area is 155 Å². The van der Waals surface area contributed by atoms with Crippen molar-refractivity contribution in [1.82, 2.24) is 9.78 Å². The predicted molar refractivity (Wildman–Crippen MR) is 102 cm³/mol. The molecule has 0 saturated carbocycles. The SMILES string of the molecule is CCc1ccc2oc(C(=O)Nc3ccc(-n4cccn4)c(F)c3)c(C)c2c1. The minimum absolute atomic E-state index is 0.231. The van der Waals surface area contributed by atoms with Gasteiger partial charge >= 0.3 is 0 Å². The molecule has 0 spiro atoms. The van der Waals surface area contributed by atoms with E-state index in [9.17, 15) is 9.18 Å². The molecular formula is C21H18FN3O2. The number of hydrogen-bond acceptors (Lipinski definition) is 3. The number of hydrogen-bond donors (Lipinski definition) is 1. The van der Waals surface area contributed by atoms with Gasteiger partial charge in [0.25, 0.3) is 5.91 Å². The van der Waals surface area contributed by atoms with Gasteiger partial charge in [0, 0.05) is 29.0 Å². The molecule has 4 aromatic rings. The highest BCUT2D eigenvalue weighted by Gasteiger charge is 2.18. The van der Waals surface area contributed by atoms with Crippen LogP contribution in [0.1, 0.15) is 28.6 Å². The molecule has 4 rings (SSSR count).